The molecule has 106 valence electrons. The highest BCUT2D eigenvalue weighted by Crippen LogP contribution is 2.15. The molecule has 0 heterocycles. The summed E-state index contributed by atoms with van der Waals surface area (Å²) in [5, 5.41) is 0. The maximum Gasteiger partial charge on any atom is 0.103 e. The molecule has 2 N–H and O–H groups in total. The number of hydrogen-bond donors (Lipinski definition) is 1. The lowest BCUT2D eigenvalue weighted by atomic mass is 10.0. The number of nitrogens with zero attached hydrogens (tertiary/aromatic N) is 1. The van der Waals surface area contributed by atoms with Crippen LogP contribution in [0.3, 0.4) is 0 Å². The molecule has 0 fully saturated rings. The highest BCUT2D eigenvalue weighted by Gasteiger charge is 2.11. The van der Waals surface area contributed by atoms with Gasteiger partial charge in [-0.1, -0.05) is 24.4 Å². The van der Waals surface area contributed by atoms with Crippen LogP contribution < -0.4 is 5.73 Å². The van der Waals surface area contributed by atoms with E-state index < -0.39 is 0 Å². The minimum atomic E-state index is 0.453. The van der Waals surface area contributed by atoms with Crippen molar-refractivity contribution in [2.45, 2.75) is 33.4 Å². The zero-order chi connectivity index (χ0) is 14.4. The highest BCUT2D eigenvalue weighted by atomic mass is 32.1. The average molecular weight is 280 g/mol. The van der Waals surface area contributed by atoms with Crippen molar-refractivity contribution in [3.8, 4) is 0 Å². The number of nitrogens with two attached hydrogens (primary N) is 1. The van der Waals surface area contributed by atoms with Crippen LogP contribution in [0.25, 0.3) is 0 Å². The van der Waals surface area contributed by atoms with Gasteiger partial charge in [-0.2, -0.15) is 0 Å². The van der Waals surface area contributed by atoms with Crippen molar-refractivity contribution < 1.29 is 4.74 Å². The molecule has 3 nitrogen and oxygen atoms in total. The van der Waals surface area contributed by atoms with Crippen LogP contribution in [0.2, 0.25) is 0 Å². The molecule has 0 unspecified atom stereocenters. The maximum atomic E-state index is 5.65. The third-order valence-electron chi connectivity index (χ3n) is 3.31. The van der Waals surface area contributed by atoms with Gasteiger partial charge < -0.3 is 10.5 Å². The Bertz CT molecular complexity index is 432. The molecular formula is C15H24N2OS. The van der Waals surface area contributed by atoms with Gasteiger partial charge in [0.15, 0.2) is 0 Å². The van der Waals surface area contributed by atoms with Gasteiger partial charge in [-0.3, -0.25) is 4.90 Å². The quantitative estimate of drug-likeness (QED) is 0.779. The summed E-state index contributed by atoms with van der Waals surface area (Å²) < 4.78 is 5.17. The molecule has 0 radical (unpaired) electrons. The standard InChI is InChI=1S/C15H24N2OS/c1-11(2)17(7-8-18-4)10-14-6-5-13(15(16)19)9-12(14)3/h5-6,9,11H,7-8,10H2,1-4H3,(H2,16,19). The first kappa shape index (κ1) is 16.1. The maximum absolute atomic E-state index is 5.65. The van der Waals surface area contributed by atoms with Crippen LogP contribution in [0.4, 0.5) is 0 Å². The largest absolute Gasteiger partial charge is 0.389 e. The van der Waals surface area contributed by atoms with Crippen LogP contribution in [0.1, 0.15) is 30.5 Å². The number of thiocarbonyl (C=S) groups is 1. The summed E-state index contributed by atoms with van der Waals surface area (Å²) >= 11 is 5.00. The van der Waals surface area contributed by atoms with E-state index in [0.29, 0.717) is 11.0 Å². The molecule has 0 spiro atoms. The normalized spacial score (nSPS) is 11.3. The zero-order valence-electron chi connectivity index (χ0n) is 12.3. The topological polar surface area (TPSA) is 38.5 Å². The number of benzene rings is 1. The van der Waals surface area contributed by atoms with Crippen molar-refractivity contribution in [1.29, 1.82) is 0 Å². The van der Waals surface area contributed by atoms with Crippen molar-refractivity contribution in [2.24, 2.45) is 5.73 Å². The molecule has 0 aromatic heterocycles. The first-order valence-corrected chi connectivity index (χ1v) is 6.98. The van der Waals surface area contributed by atoms with Crippen molar-refractivity contribution >= 4 is 17.2 Å². The SMILES string of the molecule is COCCN(Cc1ccc(C(N)=S)cc1C)C(C)C. The Hall–Kier alpha value is -0.970. The van der Waals surface area contributed by atoms with Gasteiger partial charge in [-0.05, 0) is 38.0 Å². The fourth-order valence-corrected chi connectivity index (χ4v) is 2.10. The van der Waals surface area contributed by atoms with Crippen molar-refractivity contribution in [3.05, 3.63) is 34.9 Å². The fraction of sp³-hybridized carbons (Fsp3) is 0.533. The second kappa shape index (κ2) is 7.58. The predicted octanol–water partition coefficient (Wildman–Crippen LogP) is 2.49. The van der Waals surface area contributed by atoms with Crippen LogP contribution in [0.5, 0.6) is 0 Å². The third-order valence-corrected chi connectivity index (χ3v) is 3.55. The minimum Gasteiger partial charge on any atom is -0.389 e. The van der Waals surface area contributed by atoms with E-state index in [4.69, 9.17) is 22.7 Å². The molecule has 0 saturated heterocycles. The van der Waals surface area contributed by atoms with E-state index in [0.717, 1.165) is 25.3 Å². The Balaban J connectivity index is 2.81. The first-order chi connectivity index (χ1) is 8.95. The molecule has 0 aliphatic heterocycles. The second-order valence-corrected chi connectivity index (χ2v) is 5.50. The summed E-state index contributed by atoms with van der Waals surface area (Å²) in [6, 6.07) is 6.67. The Morgan fingerprint density at radius 1 is 1.42 bits per heavy atom. The smallest absolute Gasteiger partial charge is 0.103 e. The van der Waals surface area contributed by atoms with Crippen LogP contribution >= 0.6 is 12.2 Å². The number of methoxy groups -OCH3 is 1. The van der Waals surface area contributed by atoms with Crippen LogP contribution in [-0.2, 0) is 11.3 Å². The Morgan fingerprint density at radius 2 is 2.11 bits per heavy atom. The molecule has 1 aromatic carbocycles. The summed E-state index contributed by atoms with van der Waals surface area (Å²) in [7, 11) is 1.74. The number of aryl methyl sites for hydroxylation is 1. The molecule has 1 rings (SSSR count). The van der Waals surface area contributed by atoms with E-state index in [-0.39, 0.29) is 0 Å². The highest BCUT2D eigenvalue weighted by molar-refractivity contribution is 7.80. The van der Waals surface area contributed by atoms with Gasteiger partial charge in [-0.25, -0.2) is 0 Å². The van der Waals surface area contributed by atoms with Crippen molar-refractivity contribution in [1.82, 2.24) is 4.90 Å². The Labute approximate surface area is 121 Å². The van der Waals surface area contributed by atoms with Crippen molar-refractivity contribution in [2.75, 3.05) is 20.3 Å². The third kappa shape index (κ3) is 4.90. The first-order valence-electron chi connectivity index (χ1n) is 6.58. The number of rotatable bonds is 7. The summed E-state index contributed by atoms with van der Waals surface area (Å²) in [5.41, 5.74) is 9.13. The van der Waals surface area contributed by atoms with Gasteiger partial charge in [0.05, 0.1) is 6.61 Å². The van der Waals surface area contributed by atoms with E-state index in [9.17, 15) is 0 Å². The van der Waals surface area contributed by atoms with Gasteiger partial charge in [0, 0.05) is 31.8 Å². The van der Waals surface area contributed by atoms with Crippen molar-refractivity contribution in [3.63, 3.8) is 0 Å². The van der Waals surface area contributed by atoms with Crippen LogP contribution in [0, 0.1) is 6.92 Å². The molecular weight excluding hydrogens is 256 g/mol. The van der Waals surface area contributed by atoms with Gasteiger partial charge >= 0.3 is 0 Å². The van der Waals surface area contributed by atoms with Crippen LogP contribution in [-0.4, -0.2) is 36.2 Å². The predicted molar refractivity (Wildman–Crippen MR) is 84.5 cm³/mol. The Kier molecular flexibility index (Phi) is 6.42. The molecule has 0 bridgehead atoms. The van der Waals surface area contributed by atoms with Gasteiger partial charge in [0.25, 0.3) is 0 Å². The molecule has 0 atom stereocenters. The molecule has 0 saturated carbocycles. The lowest BCUT2D eigenvalue weighted by molar-refractivity contribution is 0.125. The number of hydrogen-bond acceptors (Lipinski definition) is 3. The molecule has 4 heteroatoms. The summed E-state index contributed by atoms with van der Waals surface area (Å²) in [4.78, 5) is 2.85. The van der Waals surface area contributed by atoms with E-state index >= 15 is 0 Å². The summed E-state index contributed by atoms with van der Waals surface area (Å²) in [6.45, 7) is 9.12. The molecule has 0 aliphatic rings. The van der Waals surface area contributed by atoms with E-state index in [1.807, 2.05) is 6.07 Å². The molecule has 1 aromatic rings. The lowest BCUT2D eigenvalue weighted by Crippen LogP contribution is -2.33. The van der Waals surface area contributed by atoms with Crippen LogP contribution in [0.15, 0.2) is 18.2 Å². The second-order valence-electron chi connectivity index (χ2n) is 5.06. The summed E-state index contributed by atoms with van der Waals surface area (Å²) in [6.07, 6.45) is 0. The molecule has 0 aliphatic carbocycles. The van der Waals surface area contributed by atoms with Gasteiger partial charge in [0.1, 0.15) is 4.99 Å². The minimum absolute atomic E-state index is 0.453. The van der Waals surface area contributed by atoms with E-state index in [1.165, 1.54) is 11.1 Å². The number of ether oxygens (including phenoxy) is 1. The lowest BCUT2D eigenvalue weighted by Gasteiger charge is -2.27. The van der Waals surface area contributed by atoms with E-state index in [2.05, 4.69) is 37.8 Å². The van der Waals surface area contributed by atoms with Gasteiger partial charge in [0.2, 0.25) is 0 Å². The Morgan fingerprint density at radius 3 is 2.58 bits per heavy atom. The average Bonchev–Trinajstić information content (AvgIpc) is 2.35. The molecule has 19 heavy (non-hydrogen) atoms. The van der Waals surface area contributed by atoms with E-state index in [1.54, 1.807) is 7.11 Å². The van der Waals surface area contributed by atoms with Gasteiger partial charge in [-0.15, -0.1) is 0 Å². The zero-order valence-corrected chi connectivity index (χ0v) is 13.1. The summed E-state index contributed by atoms with van der Waals surface area (Å²) in [5.74, 6) is 0. The monoisotopic (exact) mass is 280 g/mol. The fourth-order valence-electron chi connectivity index (χ4n) is 1.97. The molecule has 0 amide bonds.